The van der Waals surface area contributed by atoms with Crippen molar-refractivity contribution >= 4 is 34.7 Å². The molecule has 2 aromatic carbocycles. The molecule has 1 aliphatic rings. The molecule has 4 rings (SSSR count). The fourth-order valence-corrected chi connectivity index (χ4v) is 3.61. The number of benzene rings is 2. The van der Waals surface area contributed by atoms with Crippen LogP contribution in [-0.4, -0.2) is 53.0 Å². The van der Waals surface area contributed by atoms with Crippen LogP contribution in [0.25, 0.3) is 0 Å². The number of halogens is 2. The Morgan fingerprint density at radius 1 is 1.00 bits per heavy atom. The molecule has 0 atom stereocenters. The summed E-state index contributed by atoms with van der Waals surface area (Å²) in [5, 5.41) is 6.48. The highest BCUT2D eigenvalue weighted by molar-refractivity contribution is 6.31. The Bertz CT molecular complexity index is 1030. The number of aromatic nitrogens is 2. The summed E-state index contributed by atoms with van der Waals surface area (Å²) in [6.45, 7) is 7.30. The van der Waals surface area contributed by atoms with Gasteiger partial charge in [-0.2, -0.15) is 4.98 Å². The molecule has 6 nitrogen and oxygen atoms in total. The Hall–Kier alpha value is -2.74. The van der Waals surface area contributed by atoms with Gasteiger partial charge in [0.2, 0.25) is 5.95 Å². The molecule has 1 aromatic heterocycles. The number of rotatable bonds is 6. The van der Waals surface area contributed by atoms with E-state index in [0.717, 1.165) is 44.0 Å². The number of hydrogen-bond acceptors (Lipinski definition) is 6. The van der Waals surface area contributed by atoms with Gasteiger partial charge in [-0.05, 0) is 49.9 Å². The maximum atomic E-state index is 13.4. The normalized spacial score (nSPS) is 15.1. The number of nitrogens with one attached hydrogen (secondary N) is 2. The minimum atomic E-state index is -0.454. The first-order chi connectivity index (χ1) is 15.0. The molecule has 2 N–H and O–H groups in total. The molecule has 8 heteroatoms. The maximum absolute atomic E-state index is 13.4. The second-order valence-electron chi connectivity index (χ2n) is 7.88. The minimum Gasteiger partial charge on any atom is -0.340 e. The third-order valence-corrected chi connectivity index (χ3v) is 5.66. The average molecular weight is 441 g/mol. The van der Waals surface area contributed by atoms with Crippen molar-refractivity contribution in [1.29, 1.82) is 0 Å². The van der Waals surface area contributed by atoms with Crippen LogP contribution in [0.4, 0.5) is 27.5 Å². The van der Waals surface area contributed by atoms with Crippen LogP contribution in [0.3, 0.4) is 0 Å². The Balaban J connectivity index is 1.40. The quantitative estimate of drug-likeness (QED) is 0.573. The molecule has 0 aliphatic carbocycles. The minimum absolute atomic E-state index is 0.0618. The molecule has 0 amide bonds. The third kappa shape index (κ3) is 5.70. The number of aryl methyl sites for hydroxylation is 1. The lowest BCUT2D eigenvalue weighted by atomic mass is 10.2. The van der Waals surface area contributed by atoms with E-state index in [-0.39, 0.29) is 5.02 Å². The third-order valence-electron chi connectivity index (χ3n) is 5.37. The predicted octanol–water partition coefficient (Wildman–Crippen LogP) is 4.81. The van der Waals surface area contributed by atoms with E-state index in [2.05, 4.69) is 49.6 Å². The first kappa shape index (κ1) is 21.5. The van der Waals surface area contributed by atoms with Crippen molar-refractivity contribution in [3.05, 3.63) is 70.6 Å². The predicted molar refractivity (Wildman–Crippen MR) is 124 cm³/mol. The summed E-state index contributed by atoms with van der Waals surface area (Å²) in [5.74, 6) is 0.657. The Kier molecular flexibility index (Phi) is 6.65. The molecular formula is C23H26ClFN6. The van der Waals surface area contributed by atoms with Crippen LogP contribution in [-0.2, 0) is 6.54 Å². The van der Waals surface area contributed by atoms with Crippen molar-refractivity contribution < 1.29 is 4.39 Å². The van der Waals surface area contributed by atoms with Gasteiger partial charge in [0.15, 0.2) is 0 Å². The SMILES string of the molecule is Cc1cnc(Nc2ccc(CN3CCN(C)CC3)cc2)nc1Nc1ccc(F)c(Cl)c1. The van der Waals surface area contributed by atoms with Crippen molar-refractivity contribution in [3.63, 3.8) is 0 Å². The molecule has 0 radical (unpaired) electrons. The first-order valence-electron chi connectivity index (χ1n) is 10.3. The van der Waals surface area contributed by atoms with Gasteiger partial charge in [0.05, 0.1) is 5.02 Å². The van der Waals surface area contributed by atoms with Crippen molar-refractivity contribution in [3.8, 4) is 0 Å². The summed E-state index contributed by atoms with van der Waals surface area (Å²) in [7, 11) is 2.17. The molecule has 0 unspecified atom stereocenters. The van der Waals surface area contributed by atoms with Crippen molar-refractivity contribution in [2.24, 2.45) is 0 Å². The van der Waals surface area contributed by atoms with Crippen LogP contribution < -0.4 is 10.6 Å². The lowest BCUT2D eigenvalue weighted by Crippen LogP contribution is -2.43. The summed E-state index contributed by atoms with van der Waals surface area (Å²) in [4.78, 5) is 13.8. The van der Waals surface area contributed by atoms with Gasteiger partial charge < -0.3 is 15.5 Å². The molecule has 0 saturated carbocycles. The summed E-state index contributed by atoms with van der Waals surface area (Å²) in [6.07, 6.45) is 1.74. The number of likely N-dealkylation sites (N-methyl/N-ethyl adjacent to an activating group) is 1. The van der Waals surface area contributed by atoms with Crippen LogP contribution in [0, 0.1) is 12.7 Å². The molecule has 2 heterocycles. The molecule has 162 valence electrons. The van der Waals surface area contributed by atoms with Gasteiger partial charge >= 0.3 is 0 Å². The summed E-state index contributed by atoms with van der Waals surface area (Å²) in [6, 6.07) is 12.8. The van der Waals surface area contributed by atoms with Gasteiger partial charge in [-0.15, -0.1) is 0 Å². The molecule has 1 aliphatic heterocycles. The summed E-state index contributed by atoms with van der Waals surface area (Å²) in [5.41, 5.74) is 3.73. The van der Waals surface area contributed by atoms with Crippen LogP contribution in [0.2, 0.25) is 5.02 Å². The number of nitrogens with zero attached hydrogens (tertiary/aromatic N) is 4. The average Bonchev–Trinajstić information content (AvgIpc) is 2.76. The van der Waals surface area contributed by atoms with Gasteiger partial charge in [-0.3, -0.25) is 4.90 Å². The molecule has 3 aromatic rings. The van der Waals surface area contributed by atoms with Crippen molar-refractivity contribution in [2.75, 3.05) is 43.9 Å². The molecule has 0 spiro atoms. The monoisotopic (exact) mass is 440 g/mol. The van der Waals surface area contributed by atoms with Crippen molar-refractivity contribution in [1.82, 2.24) is 19.8 Å². The van der Waals surface area contributed by atoms with Crippen molar-refractivity contribution in [2.45, 2.75) is 13.5 Å². The largest absolute Gasteiger partial charge is 0.340 e. The maximum Gasteiger partial charge on any atom is 0.229 e. The van der Waals surface area contributed by atoms with Crippen LogP contribution in [0.1, 0.15) is 11.1 Å². The zero-order valence-corrected chi connectivity index (χ0v) is 18.5. The second-order valence-corrected chi connectivity index (χ2v) is 8.29. The summed E-state index contributed by atoms with van der Waals surface area (Å²) < 4.78 is 13.4. The van der Waals surface area contributed by atoms with E-state index in [1.54, 1.807) is 12.3 Å². The van der Waals surface area contributed by atoms with E-state index in [4.69, 9.17) is 11.6 Å². The van der Waals surface area contributed by atoms with Gasteiger partial charge in [-0.25, -0.2) is 9.37 Å². The Labute approximate surface area is 187 Å². The number of hydrogen-bond donors (Lipinski definition) is 2. The lowest BCUT2D eigenvalue weighted by molar-refractivity contribution is 0.148. The molecule has 1 fully saturated rings. The van der Waals surface area contributed by atoms with Gasteiger partial charge in [0.1, 0.15) is 11.6 Å². The standard InChI is InChI=1S/C23H26ClFN6/c1-16-14-26-23(29-22(16)27-19-7-8-21(25)20(24)13-19)28-18-5-3-17(4-6-18)15-31-11-9-30(2)10-12-31/h3-8,13-14H,9-12,15H2,1-2H3,(H2,26,27,28,29). The van der Waals surface area contributed by atoms with E-state index in [1.807, 2.05) is 19.1 Å². The fourth-order valence-electron chi connectivity index (χ4n) is 3.43. The van der Waals surface area contributed by atoms with Gasteiger partial charge in [0, 0.05) is 55.9 Å². The van der Waals surface area contributed by atoms with E-state index in [1.165, 1.54) is 17.7 Å². The molecule has 0 bridgehead atoms. The molecular weight excluding hydrogens is 415 g/mol. The van der Waals surface area contributed by atoms with Crippen LogP contribution >= 0.6 is 11.6 Å². The fraction of sp³-hybridized carbons (Fsp3) is 0.304. The highest BCUT2D eigenvalue weighted by atomic mass is 35.5. The second kappa shape index (κ2) is 9.60. The molecule has 1 saturated heterocycles. The smallest absolute Gasteiger partial charge is 0.229 e. The van der Waals surface area contributed by atoms with Gasteiger partial charge in [-0.1, -0.05) is 23.7 Å². The topological polar surface area (TPSA) is 56.3 Å². The van der Waals surface area contributed by atoms with E-state index in [0.29, 0.717) is 17.5 Å². The van der Waals surface area contributed by atoms with E-state index in [9.17, 15) is 4.39 Å². The molecule has 31 heavy (non-hydrogen) atoms. The summed E-state index contributed by atoms with van der Waals surface area (Å²) >= 11 is 5.87. The lowest BCUT2D eigenvalue weighted by Gasteiger charge is -2.32. The first-order valence-corrected chi connectivity index (χ1v) is 10.7. The highest BCUT2D eigenvalue weighted by Gasteiger charge is 2.14. The van der Waals surface area contributed by atoms with Gasteiger partial charge in [0.25, 0.3) is 0 Å². The Morgan fingerprint density at radius 3 is 2.42 bits per heavy atom. The van der Waals surface area contributed by atoms with E-state index >= 15 is 0 Å². The Morgan fingerprint density at radius 2 is 1.71 bits per heavy atom. The highest BCUT2D eigenvalue weighted by Crippen LogP contribution is 2.24. The zero-order valence-electron chi connectivity index (χ0n) is 17.7. The van der Waals surface area contributed by atoms with Crippen LogP contribution in [0.5, 0.6) is 0 Å². The number of piperazine rings is 1. The van der Waals surface area contributed by atoms with Crippen LogP contribution in [0.15, 0.2) is 48.7 Å². The van der Waals surface area contributed by atoms with E-state index < -0.39 is 5.82 Å². The zero-order chi connectivity index (χ0) is 21.8. The number of anilines is 4.